The van der Waals surface area contributed by atoms with E-state index in [9.17, 15) is 9.59 Å². The number of halogens is 1. The van der Waals surface area contributed by atoms with Gasteiger partial charge in [-0.15, -0.1) is 0 Å². The maximum atomic E-state index is 13.3. The third-order valence-electron chi connectivity index (χ3n) is 8.17. The molecule has 2 unspecified atom stereocenters. The molecule has 0 radical (unpaired) electrons. The Morgan fingerprint density at radius 3 is 2.28 bits per heavy atom. The van der Waals surface area contributed by atoms with Gasteiger partial charge in [0, 0.05) is 61.7 Å². The summed E-state index contributed by atoms with van der Waals surface area (Å²) < 4.78 is 14.1. The van der Waals surface area contributed by atoms with Crippen LogP contribution in [0.15, 0.2) is 51.5 Å². The van der Waals surface area contributed by atoms with E-state index in [-0.39, 0.29) is 23.6 Å². The van der Waals surface area contributed by atoms with E-state index in [2.05, 4.69) is 25.8 Å². The fourth-order valence-electron chi connectivity index (χ4n) is 5.94. The highest BCUT2D eigenvalue weighted by Gasteiger charge is 2.47. The molecule has 5 heterocycles. The minimum atomic E-state index is 0.00322. The molecule has 0 saturated carbocycles. The van der Waals surface area contributed by atoms with Crippen molar-refractivity contribution in [3.8, 4) is 22.6 Å². The molecule has 3 aliphatic rings. The van der Waals surface area contributed by atoms with Crippen molar-refractivity contribution in [1.29, 1.82) is 0 Å². The average molecular weight is 653 g/mol. The summed E-state index contributed by atoms with van der Waals surface area (Å²) in [6, 6.07) is 10.1. The Morgan fingerprint density at radius 2 is 1.72 bits per heavy atom. The Bertz CT molecular complexity index is 1550. The number of ether oxygens (including phenoxy) is 2. The molecule has 230 valence electrons. The van der Waals surface area contributed by atoms with Gasteiger partial charge >= 0.3 is 0 Å². The lowest BCUT2D eigenvalue weighted by Crippen LogP contribution is -2.70. The molecule has 1 aromatic carbocycles. The normalized spacial score (nSPS) is 18.0. The summed E-state index contributed by atoms with van der Waals surface area (Å²) in [5.41, 5.74) is 10.9. The minimum absolute atomic E-state index is 0.00322. The molecule has 3 aromatic rings. The number of carbonyl (C=O) groups is 1. The van der Waals surface area contributed by atoms with Gasteiger partial charge in [0.05, 0.1) is 25.5 Å². The summed E-state index contributed by atoms with van der Waals surface area (Å²) in [4.78, 5) is 34.5. The summed E-state index contributed by atoms with van der Waals surface area (Å²) in [5, 5.41) is 0. The summed E-state index contributed by atoms with van der Waals surface area (Å²) >= 11 is 3.39. The number of nitrogens with zero attached hydrogens (tertiary/aromatic N) is 4. The van der Waals surface area contributed by atoms with Gasteiger partial charge in [-0.3, -0.25) is 14.5 Å². The molecule has 0 aliphatic carbocycles. The number of methoxy groups -OCH3 is 2. The Hall–Kier alpha value is -3.47. The minimum Gasteiger partial charge on any atom is -0.496 e. The number of fused-ring (bicyclic) bond motifs is 2. The molecule has 43 heavy (non-hydrogen) atoms. The van der Waals surface area contributed by atoms with Crippen molar-refractivity contribution in [2.24, 2.45) is 12.8 Å². The van der Waals surface area contributed by atoms with Crippen molar-refractivity contribution in [3.63, 3.8) is 0 Å². The predicted molar refractivity (Wildman–Crippen MR) is 174 cm³/mol. The standard InChI is InChI=1S/C31H35BrN4O4.C2H7N/c1-18(10-22-8-7-9-29(32)33-22)30(37)36-23-13-24(36)15-35(14-23)17-26-27(39-5)11-21(12-28(26)40-6)25-16-34(4)31(38)20(3)19(25)2;1-2-3/h7-12,16,23-24H,13-15,17H2,1-6H3;2-3H2,1H3/b18-10+;. The van der Waals surface area contributed by atoms with Crippen molar-refractivity contribution in [3.05, 3.63) is 79.4 Å². The van der Waals surface area contributed by atoms with Gasteiger partial charge in [0.2, 0.25) is 5.91 Å². The fourth-order valence-corrected chi connectivity index (χ4v) is 6.29. The number of rotatable bonds is 7. The van der Waals surface area contributed by atoms with Crippen LogP contribution in [0.25, 0.3) is 17.2 Å². The van der Waals surface area contributed by atoms with Gasteiger partial charge in [0.15, 0.2) is 0 Å². The first kappa shape index (κ1) is 32.4. The lowest BCUT2D eigenvalue weighted by atomic mass is 9.86. The number of amides is 1. The molecule has 3 saturated heterocycles. The van der Waals surface area contributed by atoms with Crippen LogP contribution in [0.3, 0.4) is 0 Å². The van der Waals surface area contributed by atoms with E-state index in [4.69, 9.17) is 15.2 Å². The summed E-state index contributed by atoms with van der Waals surface area (Å²) in [5.74, 6) is 1.56. The first-order valence-corrected chi connectivity index (χ1v) is 15.3. The van der Waals surface area contributed by atoms with Crippen LogP contribution in [0.5, 0.6) is 11.5 Å². The Balaban J connectivity index is 0.00000135. The van der Waals surface area contributed by atoms with E-state index in [0.29, 0.717) is 12.1 Å². The number of aryl methyl sites for hydroxylation is 1. The van der Waals surface area contributed by atoms with E-state index in [1.165, 1.54) is 0 Å². The number of pyridine rings is 2. The molecule has 9 nitrogen and oxygen atoms in total. The first-order valence-electron chi connectivity index (χ1n) is 14.5. The molecule has 2 atom stereocenters. The second kappa shape index (κ2) is 13.9. The highest BCUT2D eigenvalue weighted by atomic mass is 79.9. The van der Waals surface area contributed by atoms with Crippen molar-refractivity contribution >= 4 is 27.9 Å². The number of piperidine rings is 1. The number of aromatic nitrogens is 2. The van der Waals surface area contributed by atoms with Crippen LogP contribution < -0.4 is 20.8 Å². The molecule has 0 spiro atoms. The van der Waals surface area contributed by atoms with Crippen molar-refractivity contribution < 1.29 is 14.3 Å². The third kappa shape index (κ3) is 6.87. The fraction of sp³-hybridized carbons (Fsp3) is 0.424. The van der Waals surface area contributed by atoms with Crippen LogP contribution in [0.4, 0.5) is 0 Å². The maximum absolute atomic E-state index is 13.3. The van der Waals surface area contributed by atoms with E-state index in [1.807, 2.05) is 75.2 Å². The van der Waals surface area contributed by atoms with E-state index in [1.54, 1.807) is 25.8 Å². The summed E-state index contributed by atoms with van der Waals surface area (Å²) in [6.45, 7) is 10.6. The zero-order chi connectivity index (χ0) is 31.4. The van der Waals surface area contributed by atoms with Gasteiger partial charge in [0.25, 0.3) is 5.56 Å². The van der Waals surface area contributed by atoms with Gasteiger partial charge in [-0.05, 0) is 91.1 Å². The first-order chi connectivity index (χ1) is 20.5. The largest absolute Gasteiger partial charge is 0.496 e. The van der Waals surface area contributed by atoms with Crippen molar-refractivity contribution in [1.82, 2.24) is 19.4 Å². The van der Waals surface area contributed by atoms with Gasteiger partial charge < -0.3 is 24.7 Å². The zero-order valence-electron chi connectivity index (χ0n) is 26.1. The average Bonchev–Trinajstić information content (AvgIpc) is 2.98. The van der Waals surface area contributed by atoms with Gasteiger partial charge in [-0.1, -0.05) is 13.0 Å². The number of hydrogen-bond acceptors (Lipinski definition) is 7. The molecule has 3 fully saturated rings. The van der Waals surface area contributed by atoms with Crippen LogP contribution in [-0.4, -0.2) is 71.2 Å². The van der Waals surface area contributed by atoms with Crippen LogP contribution in [0.2, 0.25) is 0 Å². The lowest BCUT2D eigenvalue weighted by molar-refractivity contribution is -0.149. The monoisotopic (exact) mass is 651 g/mol. The number of nitrogens with two attached hydrogens (primary N) is 1. The Kier molecular flexibility index (Phi) is 10.5. The Labute approximate surface area is 262 Å². The van der Waals surface area contributed by atoms with Crippen LogP contribution >= 0.6 is 15.9 Å². The highest BCUT2D eigenvalue weighted by Crippen LogP contribution is 2.40. The van der Waals surface area contributed by atoms with Crippen molar-refractivity contribution in [2.45, 2.75) is 52.7 Å². The number of piperazine rings is 1. The summed E-state index contributed by atoms with van der Waals surface area (Å²) in [7, 11) is 5.11. The molecule has 2 aromatic heterocycles. The second-order valence-electron chi connectivity index (χ2n) is 11.1. The van der Waals surface area contributed by atoms with Gasteiger partial charge in [-0.25, -0.2) is 4.98 Å². The van der Waals surface area contributed by atoms with Crippen LogP contribution in [-0.2, 0) is 18.4 Å². The van der Waals surface area contributed by atoms with Crippen LogP contribution in [0.1, 0.15) is 42.7 Å². The second-order valence-corrected chi connectivity index (χ2v) is 12.0. The molecule has 2 bridgehead atoms. The molecule has 3 aliphatic heterocycles. The predicted octanol–water partition coefficient (Wildman–Crippen LogP) is 4.70. The topological polar surface area (TPSA) is 103 Å². The number of benzene rings is 1. The zero-order valence-corrected chi connectivity index (χ0v) is 27.7. The van der Waals surface area contributed by atoms with Gasteiger partial charge in [-0.2, -0.15) is 0 Å². The molecule has 6 rings (SSSR count). The van der Waals surface area contributed by atoms with Crippen LogP contribution in [0, 0.1) is 13.8 Å². The van der Waals surface area contributed by atoms with E-state index >= 15 is 0 Å². The quantitative estimate of drug-likeness (QED) is 0.292. The molecule has 2 N–H and O–H groups in total. The highest BCUT2D eigenvalue weighted by molar-refractivity contribution is 9.10. The molecular formula is C33H42BrN5O4. The molecular weight excluding hydrogens is 610 g/mol. The Morgan fingerprint density at radius 1 is 1.12 bits per heavy atom. The smallest absolute Gasteiger partial charge is 0.253 e. The molecule has 1 amide bonds. The lowest BCUT2D eigenvalue weighted by Gasteiger charge is -2.56. The maximum Gasteiger partial charge on any atom is 0.253 e. The molecule has 10 heteroatoms. The SMILES string of the molecule is CCN.COc1cc(-c2cn(C)c(=O)c(C)c2C)cc(OC)c1CN1CC2CC(C1)N2C(=O)/C(C)=C/c1cccc(Br)n1. The number of hydrogen-bond donors (Lipinski definition) is 1. The number of carbonyl (C=O) groups excluding carboxylic acids is 1. The summed E-state index contributed by atoms with van der Waals surface area (Å²) in [6.07, 6.45) is 4.73. The third-order valence-corrected chi connectivity index (χ3v) is 8.61. The van der Waals surface area contributed by atoms with E-state index in [0.717, 1.165) is 75.7 Å². The van der Waals surface area contributed by atoms with Crippen molar-refractivity contribution in [2.75, 3.05) is 33.9 Å². The van der Waals surface area contributed by atoms with Gasteiger partial charge in [0.1, 0.15) is 16.1 Å². The van der Waals surface area contributed by atoms with E-state index < -0.39 is 0 Å².